The maximum Gasteiger partial charge on any atom is 0.252 e. The summed E-state index contributed by atoms with van der Waals surface area (Å²) in [4.78, 5) is 16.1. The van der Waals surface area contributed by atoms with Gasteiger partial charge in [0.05, 0.1) is 18.3 Å². The van der Waals surface area contributed by atoms with Gasteiger partial charge in [0.25, 0.3) is 5.91 Å². The van der Waals surface area contributed by atoms with Gasteiger partial charge in [-0.1, -0.05) is 0 Å². The number of primary amides is 1. The molecular weight excluding hydrogens is 322 g/mol. The van der Waals surface area contributed by atoms with Crippen LogP contribution in [0.3, 0.4) is 0 Å². The highest BCUT2D eigenvalue weighted by Crippen LogP contribution is 2.31. The first-order chi connectivity index (χ1) is 12.0. The smallest absolute Gasteiger partial charge is 0.252 e. The summed E-state index contributed by atoms with van der Waals surface area (Å²) in [6.45, 7) is 6.46. The van der Waals surface area contributed by atoms with Gasteiger partial charge >= 0.3 is 0 Å². The van der Waals surface area contributed by atoms with Gasteiger partial charge in [-0.15, -0.1) is 0 Å². The number of ether oxygens (including phenoxy) is 3. The molecule has 3 rings (SSSR count). The van der Waals surface area contributed by atoms with E-state index in [1.54, 1.807) is 18.3 Å². The van der Waals surface area contributed by atoms with Gasteiger partial charge < -0.3 is 25.3 Å². The van der Waals surface area contributed by atoms with Crippen LogP contribution in [-0.4, -0.2) is 49.4 Å². The maximum atomic E-state index is 11.7. The van der Waals surface area contributed by atoms with Crippen molar-refractivity contribution in [3.63, 3.8) is 0 Å². The highest BCUT2D eigenvalue weighted by Gasteiger charge is 2.18. The molecule has 1 amide bonds. The summed E-state index contributed by atoms with van der Waals surface area (Å²) in [7, 11) is 0. The van der Waals surface area contributed by atoms with Crippen molar-refractivity contribution in [2.24, 2.45) is 5.73 Å². The lowest BCUT2D eigenvalue weighted by Crippen LogP contribution is -2.41. The molecule has 2 heterocycles. The first-order valence-electron chi connectivity index (χ1n) is 8.39. The Labute approximate surface area is 146 Å². The zero-order chi connectivity index (χ0) is 17.8. The predicted octanol–water partition coefficient (Wildman–Crippen LogP) is 1.49. The minimum Gasteiger partial charge on any atom is -0.490 e. The summed E-state index contributed by atoms with van der Waals surface area (Å²) < 4.78 is 17.3. The molecule has 0 bridgehead atoms. The Kier molecular flexibility index (Phi) is 5.35. The van der Waals surface area contributed by atoms with E-state index in [4.69, 9.17) is 19.9 Å². The standard InChI is InChI=1S/C18H23N3O4/c1-11(2)25-16-8-14-12(7-15(16)17(19)22)3-4-21-18(14)24-10-13-9-20-5-6-23-13/h3-4,7-8,11,13,20H,5-6,9-10H2,1-2H3,(H2,19,22). The van der Waals surface area contributed by atoms with E-state index in [1.165, 1.54) is 0 Å². The van der Waals surface area contributed by atoms with Gasteiger partial charge in [0.2, 0.25) is 5.88 Å². The van der Waals surface area contributed by atoms with Crippen molar-refractivity contribution >= 4 is 16.7 Å². The van der Waals surface area contributed by atoms with Gasteiger partial charge in [-0.2, -0.15) is 0 Å². The molecule has 1 unspecified atom stereocenters. The molecule has 0 spiro atoms. The average molecular weight is 345 g/mol. The van der Waals surface area contributed by atoms with E-state index in [1.807, 2.05) is 19.9 Å². The van der Waals surface area contributed by atoms with Gasteiger partial charge in [-0.25, -0.2) is 4.98 Å². The molecule has 0 aliphatic carbocycles. The molecule has 1 fully saturated rings. The molecule has 7 heteroatoms. The lowest BCUT2D eigenvalue weighted by Gasteiger charge is -2.23. The SMILES string of the molecule is CC(C)Oc1cc2c(OCC3CNCCO3)nccc2cc1C(N)=O. The second kappa shape index (κ2) is 7.67. The lowest BCUT2D eigenvalue weighted by atomic mass is 10.1. The highest BCUT2D eigenvalue weighted by atomic mass is 16.5. The number of carbonyl (C=O) groups is 1. The fourth-order valence-electron chi connectivity index (χ4n) is 2.73. The fraction of sp³-hybridized carbons (Fsp3) is 0.444. The Morgan fingerprint density at radius 3 is 3.00 bits per heavy atom. The van der Waals surface area contributed by atoms with Crippen molar-refractivity contribution in [1.29, 1.82) is 0 Å². The van der Waals surface area contributed by atoms with Crippen LogP contribution in [0.15, 0.2) is 24.4 Å². The number of pyridine rings is 1. The van der Waals surface area contributed by atoms with Crippen molar-refractivity contribution in [2.45, 2.75) is 26.1 Å². The molecule has 3 N–H and O–H groups in total. The van der Waals surface area contributed by atoms with Crippen molar-refractivity contribution in [1.82, 2.24) is 10.3 Å². The van der Waals surface area contributed by atoms with Gasteiger partial charge in [0.15, 0.2) is 0 Å². The summed E-state index contributed by atoms with van der Waals surface area (Å²) in [5.74, 6) is 0.387. The molecule has 1 aromatic heterocycles. The third-order valence-electron chi connectivity index (χ3n) is 3.87. The van der Waals surface area contributed by atoms with Crippen molar-refractivity contribution < 1.29 is 19.0 Å². The quantitative estimate of drug-likeness (QED) is 0.823. The number of fused-ring (bicyclic) bond motifs is 1. The number of amides is 1. The number of nitrogens with one attached hydrogen (secondary N) is 1. The molecular formula is C18H23N3O4. The summed E-state index contributed by atoms with van der Waals surface area (Å²) >= 11 is 0. The second-order valence-electron chi connectivity index (χ2n) is 6.22. The fourth-order valence-corrected chi connectivity index (χ4v) is 2.73. The molecule has 1 saturated heterocycles. The van der Waals surface area contributed by atoms with E-state index >= 15 is 0 Å². The Morgan fingerprint density at radius 1 is 1.48 bits per heavy atom. The third kappa shape index (κ3) is 4.18. The van der Waals surface area contributed by atoms with Crippen molar-refractivity contribution in [3.05, 3.63) is 30.0 Å². The van der Waals surface area contributed by atoms with Crippen LogP contribution >= 0.6 is 0 Å². The van der Waals surface area contributed by atoms with E-state index < -0.39 is 5.91 Å². The van der Waals surface area contributed by atoms with Crippen LogP contribution in [0.1, 0.15) is 24.2 Å². The molecule has 2 aromatic rings. The third-order valence-corrected chi connectivity index (χ3v) is 3.87. The van der Waals surface area contributed by atoms with Gasteiger partial charge in [0.1, 0.15) is 18.5 Å². The number of nitrogens with zero attached hydrogens (tertiary/aromatic N) is 1. The van der Waals surface area contributed by atoms with Crippen LogP contribution < -0.4 is 20.5 Å². The van der Waals surface area contributed by atoms with E-state index in [-0.39, 0.29) is 12.2 Å². The van der Waals surface area contributed by atoms with Crippen LogP contribution in [0.25, 0.3) is 10.8 Å². The van der Waals surface area contributed by atoms with Crippen LogP contribution in [0.2, 0.25) is 0 Å². The normalized spacial score (nSPS) is 17.6. The number of carbonyl (C=O) groups excluding carboxylic acids is 1. The zero-order valence-electron chi connectivity index (χ0n) is 14.5. The number of hydrogen-bond acceptors (Lipinski definition) is 6. The number of hydrogen-bond donors (Lipinski definition) is 2. The van der Waals surface area contributed by atoms with E-state index in [9.17, 15) is 4.79 Å². The average Bonchev–Trinajstić information content (AvgIpc) is 2.59. The minimum absolute atomic E-state index is 0.0120. The van der Waals surface area contributed by atoms with Gasteiger partial charge in [0, 0.05) is 24.7 Å². The van der Waals surface area contributed by atoms with Gasteiger partial charge in [-0.3, -0.25) is 4.79 Å². The topological polar surface area (TPSA) is 95.7 Å². The molecule has 0 radical (unpaired) electrons. The largest absolute Gasteiger partial charge is 0.490 e. The number of nitrogens with two attached hydrogens (primary N) is 1. The number of rotatable bonds is 6. The van der Waals surface area contributed by atoms with Crippen LogP contribution in [-0.2, 0) is 4.74 Å². The Hall–Kier alpha value is -2.38. The van der Waals surface area contributed by atoms with Gasteiger partial charge in [-0.05, 0) is 37.4 Å². The Balaban J connectivity index is 1.91. The molecule has 1 aliphatic heterocycles. The first kappa shape index (κ1) is 17.4. The van der Waals surface area contributed by atoms with Crippen LogP contribution in [0, 0.1) is 0 Å². The van der Waals surface area contributed by atoms with Crippen molar-refractivity contribution in [3.8, 4) is 11.6 Å². The maximum absolute atomic E-state index is 11.7. The highest BCUT2D eigenvalue weighted by molar-refractivity contribution is 6.01. The molecule has 7 nitrogen and oxygen atoms in total. The molecule has 25 heavy (non-hydrogen) atoms. The first-order valence-corrected chi connectivity index (χ1v) is 8.39. The summed E-state index contributed by atoms with van der Waals surface area (Å²) in [6.07, 6.45) is 1.55. The van der Waals surface area contributed by atoms with E-state index in [0.29, 0.717) is 30.4 Å². The van der Waals surface area contributed by atoms with Crippen LogP contribution in [0.5, 0.6) is 11.6 Å². The summed E-state index contributed by atoms with van der Waals surface area (Å²) in [5, 5.41) is 4.85. The number of benzene rings is 1. The van der Waals surface area contributed by atoms with Crippen LogP contribution in [0.4, 0.5) is 0 Å². The lowest BCUT2D eigenvalue weighted by molar-refractivity contribution is -0.000386. The zero-order valence-corrected chi connectivity index (χ0v) is 14.5. The minimum atomic E-state index is -0.529. The predicted molar refractivity (Wildman–Crippen MR) is 94.1 cm³/mol. The van der Waals surface area contributed by atoms with Crippen molar-refractivity contribution in [2.75, 3.05) is 26.3 Å². The van der Waals surface area contributed by atoms with E-state index in [2.05, 4.69) is 10.3 Å². The summed E-state index contributed by atoms with van der Waals surface area (Å²) in [5.41, 5.74) is 5.83. The Bertz CT molecular complexity index is 757. The number of morpholine rings is 1. The molecule has 134 valence electrons. The molecule has 1 aromatic carbocycles. The number of aromatic nitrogens is 1. The second-order valence-corrected chi connectivity index (χ2v) is 6.22. The molecule has 0 saturated carbocycles. The summed E-state index contributed by atoms with van der Waals surface area (Å²) in [6, 6.07) is 5.28. The molecule has 1 atom stereocenters. The monoisotopic (exact) mass is 345 g/mol. The Morgan fingerprint density at radius 2 is 2.32 bits per heavy atom. The molecule has 1 aliphatic rings. The van der Waals surface area contributed by atoms with E-state index in [0.717, 1.165) is 23.9 Å².